The molecule has 3 amide bonds. The van der Waals surface area contributed by atoms with Gasteiger partial charge in [-0.05, 0) is 37.6 Å². The molecule has 2 heterocycles. The Morgan fingerprint density at radius 2 is 2.08 bits per heavy atom. The minimum atomic E-state index is -0.485. The highest BCUT2D eigenvalue weighted by Gasteiger charge is 2.33. The number of anilines is 1. The zero-order valence-corrected chi connectivity index (χ0v) is 13.6. The van der Waals surface area contributed by atoms with Crippen LogP contribution in [0.1, 0.15) is 19.1 Å². The smallest absolute Gasteiger partial charge is 0.315 e. The minimum Gasteiger partial charge on any atom is -0.469 e. The first-order valence-electron chi connectivity index (χ1n) is 8.09. The first kappa shape index (κ1) is 16.1. The number of amides is 3. The van der Waals surface area contributed by atoms with Crippen molar-refractivity contribution in [3.05, 3.63) is 54.5 Å². The lowest BCUT2D eigenvalue weighted by atomic mass is 10.2. The van der Waals surface area contributed by atoms with Crippen LogP contribution in [0.2, 0.25) is 0 Å². The third-order valence-electron chi connectivity index (χ3n) is 4.04. The number of benzene rings is 1. The third-order valence-corrected chi connectivity index (χ3v) is 4.04. The molecular formula is C18H21N3O3. The second kappa shape index (κ2) is 7.21. The lowest BCUT2D eigenvalue weighted by Gasteiger charge is -2.18. The summed E-state index contributed by atoms with van der Waals surface area (Å²) >= 11 is 0. The van der Waals surface area contributed by atoms with Crippen LogP contribution in [0.4, 0.5) is 10.5 Å². The molecule has 6 heteroatoms. The van der Waals surface area contributed by atoms with Crippen LogP contribution in [0, 0.1) is 0 Å². The molecule has 1 aromatic heterocycles. The molecule has 0 saturated carbocycles. The summed E-state index contributed by atoms with van der Waals surface area (Å²) < 4.78 is 5.27. The predicted octanol–water partition coefficient (Wildman–Crippen LogP) is 2.32. The van der Waals surface area contributed by atoms with Gasteiger partial charge < -0.3 is 20.0 Å². The van der Waals surface area contributed by atoms with Crippen LogP contribution >= 0.6 is 0 Å². The number of nitrogens with zero attached hydrogens (tertiary/aromatic N) is 1. The van der Waals surface area contributed by atoms with E-state index in [9.17, 15) is 9.59 Å². The van der Waals surface area contributed by atoms with Crippen LogP contribution in [0.5, 0.6) is 0 Å². The van der Waals surface area contributed by atoms with Gasteiger partial charge in [-0.25, -0.2) is 4.79 Å². The zero-order chi connectivity index (χ0) is 16.9. The Morgan fingerprint density at radius 3 is 2.79 bits per heavy atom. The summed E-state index contributed by atoms with van der Waals surface area (Å²) in [5.74, 6) is 0.741. The SMILES string of the molecule is C[C@H](Cc1ccco1)NC(=O)N[C@@H]1CCN(c2ccccc2)C1=O. The Morgan fingerprint density at radius 1 is 1.29 bits per heavy atom. The molecule has 1 aromatic carbocycles. The summed E-state index contributed by atoms with van der Waals surface area (Å²) in [6.07, 6.45) is 2.82. The van der Waals surface area contributed by atoms with Gasteiger partial charge in [0.2, 0.25) is 5.91 Å². The van der Waals surface area contributed by atoms with E-state index in [0.717, 1.165) is 11.4 Å². The van der Waals surface area contributed by atoms with E-state index in [1.165, 1.54) is 0 Å². The Balaban J connectivity index is 1.51. The first-order valence-corrected chi connectivity index (χ1v) is 8.09. The molecule has 2 N–H and O–H groups in total. The number of nitrogens with one attached hydrogen (secondary N) is 2. The Bertz CT molecular complexity index is 685. The highest BCUT2D eigenvalue weighted by atomic mass is 16.3. The second-order valence-corrected chi connectivity index (χ2v) is 5.97. The lowest BCUT2D eigenvalue weighted by molar-refractivity contribution is -0.118. The Labute approximate surface area is 140 Å². The summed E-state index contributed by atoms with van der Waals surface area (Å²) in [6.45, 7) is 2.50. The van der Waals surface area contributed by atoms with Crippen LogP contribution in [0.25, 0.3) is 0 Å². The molecule has 126 valence electrons. The second-order valence-electron chi connectivity index (χ2n) is 5.97. The maximum atomic E-state index is 12.5. The molecule has 0 radical (unpaired) electrons. The maximum absolute atomic E-state index is 12.5. The molecule has 2 aromatic rings. The highest BCUT2D eigenvalue weighted by Crippen LogP contribution is 2.20. The average molecular weight is 327 g/mol. The number of hydrogen-bond donors (Lipinski definition) is 2. The molecular weight excluding hydrogens is 306 g/mol. The number of rotatable bonds is 5. The standard InChI is InChI=1S/C18H21N3O3/c1-13(12-15-8-5-11-24-15)19-18(23)20-16-9-10-21(17(16)22)14-6-3-2-4-7-14/h2-8,11,13,16H,9-10,12H2,1H3,(H2,19,20,23)/t13-,16-/m1/s1. The van der Waals surface area contributed by atoms with Crippen LogP contribution < -0.4 is 15.5 Å². The number of carbonyl (C=O) groups is 2. The summed E-state index contributed by atoms with van der Waals surface area (Å²) in [4.78, 5) is 26.3. The molecule has 1 fully saturated rings. The highest BCUT2D eigenvalue weighted by molar-refractivity contribution is 6.01. The van der Waals surface area contributed by atoms with Crippen LogP contribution in [0.3, 0.4) is 0 Å². The van der Waals surface area contributed by atoms with E-state index >= 15 is 0 Å². The number of furan rings is 1. The minimum absolute atomic E-state index is 0.0740. The largest absolute Gasteiger partial charge is 0.469 e. The molecule has 1 aliphatic rings. The molecule has 1 saturated heterocycles. The number of hydrogen-bond acceptors (Lipinski definition) is 3. The van der Waals surface area contributed by atoms with Crippen LogP contribution in [-0.2, 0) is 11.2 Å². The van der Waals surface area contributed by atoms with Gasteiger partial charge in [0.1, 0.15) is 11.8 Å². The van der Waals surface area contributed by atoms with Gasteiger partial charge in [-0.3, -0.25) is 4.79 Å². The van der Waals surface area contributed by atoms with Gasteiger partial charge in [0.15, 0.2) is 0 Å². The van der Waals surface area contributed by atoms with Crippen molar-refractivity contribution in [2.24, 2.45) is 0 Å². The topological polar surface area (TPSA) is 74.6 Å². The molecule has 2 atom stereocenters. The summed E-state index contributed by atoms with van der Waals surface area (Å²) in [5, 5.41) is 5.61. The Hall–Kier alpha value is -2.76. The fourth-order valence-electron chi connectivity index (χ4n) is 2.88. The van der Waals surface area contributed by atoms with E-state index in [1.54, 1.807) is 11.2 Å². The molecule has 0 unspecified atom stereocenters. The van der Waals surface area contributed by atoms with Crippen molar-refractivity contribution in [1.82, 2.24) is 10.6 Å². The molecule has 6 nitrogen and oxygen atoms in total. The van der Waals surface area contributed by atoms with E-state index in [4.69, 9.17) is 4.42 Å². The zero-order valence-electron chi connectivity index (χ0n) is 13.6. The van der Waals surface area contributed by atoms with E-state index in [1.807, 2.05) is 49.4 Å². The lowest BCUT2D eigenvalue weighted by Crippen LogP contribution is -2.48. The monoisotopic (exact) mass is 327 g/mol. The molecule has 24 heavy (non-hydrogen) atoms. The van der Waals surface area contributed by atoms with Gasteiger partial charge >= 0.3 is 6.03 Å². The normalized spacial score (nSPS) is 18.5. The fourth-order valence-corrected chi connectivity index (χ4v) is 2.88. The van der Waals surface area contributed by atoms with Crippen molar-refractivity contribution in [3.63, 3.8) is 0 Å². The molecule has 1 aliphatic heterocycles. The molecule has 0 aliphatic carbocycles. The summed E-state index contributed by atoms with van der Waals surface area (Å²) in [6, 6.07) is 12.3. The molecule has 3 rings (SSSR count). The van der Waals surface area contributed by atoms with Gasteiger partial charge in [0.25, 0.3) is 0 Å². The van der Waals surface area contributed by atoms with Crippen LogP contribution in [0.15, 0.2) is 53.1 Å². The number of carbonyl (C=O) groups excluding carboxylic acids is 2. The van der Waals surface area contributed by atoms with E-state index in [0.29, 0.717) is 19.4 Å². The van der Waals surface area contributed by atoms with Gasteiger partial charge in [-0.2, -0.15) is 0 Å². The Kier molecular flexibility index (Phi) is 4.84. The quantitative estimate of drug-likeness (QED) is 0.885. The first-order chi connectivity index (χ1) is 11.6. The molecule has 0 spiro atoms. The van der Waals surface area contributed by atoms with Crippen molar-refractivity contribution >= 4 is 17.6 Å². The number of urea groups is 1. The van der Waals surface area contributed by atoms with Gasteiger partial charge in [0.05, 0.1) is 6.26 Å². The summed E-state index contributed by atoms with van der Waals surface area (Å²) in [7, 11) is 0. The van der Waals surface area contributed by atoms with E-state index < -0.39 is 6.04 Å². The van der Waals surface area contributed by atoms with Crippen molar-refractivity contribution in [3.8, 4) is 0 Å². The maximum Gasteiger partial charge on any atom is 0.315 e. The molecule has 0 bridgehead atoms. The van der Waals surface area contributed by atoms with Gasteiger partial charge in [-0.1, -0.05) is 18.2 Å². The summed E-state index contributed by atoms with van der Waals surface area (Å²) in [5.41, 5.74) is 0.860. The van der Waals surface area contributed by atoms with Gasteiger partial charge in [0, 0.05) is 24.7 Å². The number of para-hydroxylation sites is 1. The van der Waals surface area contributed by atoms with Crippen molar-refractivity contribution in [2.45, 2.75) is 31.8 Å². The fraction of sp³-hybridized carbons (Fsp3) is 0.333. The van der Waals surface area contributed by atoms with Crippen LogP contribution in [-0.4, -0.2) is 30.6 Å². The van der Waals surface area contributed by atoms with Crippen molar-refractivity contribution in [2.75, 3.05) is 11.4 Å². The predicted molar refractivity (Wildman–Crippen MR) is 90.7 cm³/mol. The van der Waals surface area contributed by atoms with E-state index in [2.05, 4.69) is 10.6 Å². The third kappa shape index (κ3) is 3.76. The van der Waals surface area contributed by atoms with Crippen molar-refractivity contribution in [1.29, 1.82) is 0 Å². The van der Waals surface area contributed by atoms with E-state index in [-0.39, 0.29) is 18.0 Å². The van der Waals surface area contributed by atoms with Crippen molar-refractivity contribution < 1.29 is 14.0 Å². The average Bonchev–Trinajstić information content (AvgIpc) is 3.19. The van der Waals surface area contributed by atoms with Gasteiger partial charge in [-0.15, -0.1) is 0 Å².